The summed E-state index contributed by atoms with van der Waals surface area (Å²) in [5.74, 6) is 1.67. The molecule has 1 aliphatic carbocycles. The van der Waals surface area contributed by atoms with Crippen LogP contribution in [0.4, 0.5) is 0 Å². The normalized spacial score (nSPS) is 22.2. The summed E-state index contributed by atoms with van der Waals surface area (Å²) in [5.41, 5.74) is 3.96. The topological polar surface area (TPSA) is 88.5 Å². The molecule has 2 aliphatic heterocycles. The maximum atomic E-state index is 15.5. The molecule has 3 aromatic carbocycles. The van der Waals surface area contributed by atoms with Crippen molar-refractivity contribution in [2.75, 3.05) is 20.7 Å². The lowest BCUT2D eigenvalue weighted by Crippen LogP contribution is -2.61. The van der Waals surface area contributed by atoms with Gasteiger partial charge in [0, 0.05) is 55.0 Å². The van der Waals surface area contributed by atoms with E-state index >= 15 is 9.59 Å². The van der Waals surface area contributed by atoms with E-state index in [2.05, 4.69) is 162 Å². The third-order valence-electron chi connectivity index (χ3n) is 17.9. The summed E-state index contributed by atoms with van der Waals surface area (Å²) in [6, 6.07) is 21.7. The van der Waals surface area contributed by atoms with Crippen molar-refractivity contribution in [3.05, 3.63) is 95.2 Å². The van der Waals surface area contributed by atoms with E-state index in [1.807, 2.05) is 19.2 Å². The van der Waals surface area contributed by atoms with E-state index in [1.165, 1.54) is 68.1 Å². The standard InChI is InChI=1S/C66H100N2O6/c1-17-18-21-24-47-25-27-49(28-26-47)50-29-31-51(32-30-50)52-33-35-53(36-34-52)72-38-23-20-19-22-37-66(59(70)73-54-39-46(2)67(15)63(9,10)43-54,60(71)74-55-44-64(11,12)68(16)65(13,14)45-55)42-48-40-56(61(3,4)5)58(69)57(41-48)62(6,7)8/h29-36,40-41,47,49,54-55,69H,2,17-28,37-39,42-45H2,1,3-16H3. The minimum atomic E-state index is -1.64. The maximum Gasteiger partial charge on any atom is 0.324 e. The van der Waals surface area contributed by atoms with Gasteiger partial charge >= 0.3 is 11.9 Å². The summed E-state index contributed by atoms with van der Waals surface area (Å²) in [5, 5.41) is 11.8. The zero-order valence-electron chi connectivity index (χ0n) is 49.1. The maximum absolute atomic E-state index is 15.5. The Morgan fingerprint density at radius 1 is 0.676 bits per heavy atom. The highest BCUT2D eigenvalue weighted by Crippen LogP contribution is 2.46. The molecule has 8 nitrogen and oxygen atoms in total. The number of esters is 2. The van der Waals surface area contributed by atoms with Crippen LogP contribution in [0.1, 0.15) is 227 Å². The fourth-order valence-corrected chi connectivity index (χ4v) is 12.6. The fourth-order valence-electron chi connectivity index (χ4n) is 12.6. The van der Waals surface area contributed by atoms with Gasteiger partial charge < -0.3 is 24.2 Å². The molecule has 3 aromatic rings. The minimum absolute atomic E-state index is 0.0941. The van der Waals surface area contributed by atoms with Crippen LogP contribution in [0.3, 0.4) is 0 Å². The molecule has 3 aliphatic rings. The molecular weight excluding hydrogens is 917 g/mol. The molecule has 2 heterocycles. The summed E-state index contributed by atoms with van der Waals surface area (Å²) in [7, 11) is 4.18. The minimum Gasteiger partial charge on any atom is -0.507 e. The Bertz CT molecular complexity index is 2290. The number of carbonyl (C=O) groups is 2. The van der Waals surface area contributed by atoms with E-state index in [0.717, 1.165) is 53.3 Å². The molecule has 0 radical (unpaired) electrons. The lowest BCUT2D eigenvalue weighted by Gasteiger charge is -2.53. The molecule has 74 heavy (non-hydrogen) atoms. The van der Waals surface area contributed by atoms with Crippen LogP contribution in [-0.4, -0.2) is 76.4 Å². The summed E-state index contributed by atoms with van der Waals surface area (Å²) in [6.07, 6.45) is 15.9. The number of nitrogens with zero attached hydrogens (tertiary/aromatic N) is 2. The number of aromatic hydroxyl groups is 1. The molecule has 0 aromatic heterocycles. The monoisotopic (exact) mass is 1020 g/mol. The summed E-state index contributed by atoms with van der Waals surface area (Å²) in [4.78, 5) is 35.5. The van der Waals surface area contributed by atoms with Crippen molar-refractivity contribution in [3.8, 4) is 22.6 Å². The van der Waals surface area contributed by atoms with E-state index in [4.69, 9.17) is 14.2 Å². The Morgan fingerprint density at radius 3 is 1.72 bits per heavy atom. The van der Waals surface area contributed by atoms with Gasteiger partial charge in [-0.2, -0.15) is 0 Å². The number of benzene rings is 3. The second-order valence-corrected chi connectivity index (χ2v) is 27.2. The predicted octanol–water partition coefficient (Wildman–Crippen LogP) is 16.2. The highest BCUT2D eigenvalue weighted by atomic mass is 16.6. The number of likely N-dealkylation sites (tertiary alicyclic amines) is 2. The van der Waals surface area contributed by atoms with Crippen molar-refractivity contribution < 1.29 is 28.9 Å². The SMILES string of the molecule is C=C1CC(OC(=O)C(CCCCCCOc2ccc(-c3ccc(C4CCC(CCCCC)CC4)cc3)cc2)(Cc2cc(C(C)(C)C)c(O)c(C(C)(C)C)c2)C(=O)OC2CC(C)(C)N(C)C(C)(C)C2)CC(C)(C)N1C. The van der Waals surface area contributed by atoms with Gasteiger partial charge in [0.25, 0.3) is 0 Å². The molecule has 3 fully saturated rings. The first-order valence-corrected chi connectivity index (χ1v) is 28.8. The quantitative estimate of drug-likeness (QED) is 0.0680. The fraction of sp³-hybridized carbons (Fsp3) is 0.667. The first-order chi connectivity index (χ1) is 34.6. The van der Waals surface area contributed by atoms with Gasteiger partial charge in [-0.05, 0) is 162 Å². The number of unbranched alkanes of at least 4 members (excludes halogenated alkanes) is 5. The number of phenolic OH excluding ortho intramolecular Hbond substituents is 1. The van der Waals surface area contributed by atoms with Crippen molar-refractivity contribution in [1.82, 2.24) is 9.80 Å². The summed E-state index contributed by atoms with van der Waals surface area (Å²) in [6.45, 7) is 32.8. The van der Waals surface area contributed by atoms with Crippen LogP contribution in [0.15, 0.2) is 72.9 Å². The van der Waals surface area contributed by atoms with Crippen molar-refractivity contribution in [2.45, 2.75) is 251 Å². The predicted molar refractivity (Wildman–Crippen MR) is 306 cm³/mol. The van der Waals surface area contributed by atoms with Crippen LogP contribution in [-0.2, 0) is 36.3 Å². The van der Waals surface area contributed by atoms with Crippen LogP contribution < -0.4 is 4.74 Å². The number of phenols is 1. The molecule has 410 valence electrons. The second kappa shape index (κ2) is 23.9. The zero-order chi connectivity index (χ0) is 54.4. The third-order valence-corrected chi connectivity index (χ3v) is 17.9. The Hall–Kier alpha value is -4.30. The van der Waals surface area contributed by atoms with Crippen LogP contribution in [0.2, 0.25) is 0 Å². The largest absolute Gasteiger partial charge is 0.507 e. The highest BCUT2D eigenvalue weighted by Gasteiger charge is 2.53. The molecule has 0 spiro atoms. The number of hydrogen-bond acceptors (Lipinski definition) is 8. The average Bonchev–Trinajstić information content (AvgIpc) is 3.31. The Balaban J connectivity index is 1.18. The molecule has 2 saturated heterocycles. The Labute approximate surface area is 449 Å². The zero-order valence-corrected chi connectivity index (χ0v) is 49.1. The van der Waals surface area contributed by atoms with E-state index < -0.39 is 34.3 Å². The van der Waals surface area contributed by atoms with Crippen molar-refractivity contribution in [2.24, 2.45) is 11.3 Å². The second-order valence-electron chi connectivity index (χ2n) is 27.2. The number of rotatable bonds is 20. The smallest absolute Gasteiger partial charge is 0.324 e. The van der Waals surface area contributed by atoms with Crippen molar-refractivity contribution in [3.63, 3.8) is 0 Å². The van der Waals surface area contributed by atoms with Gasteiger partial charge in [0.05, 0.1) is 6.61 Å². The first-order valence-electron chi connectivity index (χ1n) is 28.8. The van der Waals surface area contributed by atoms with E-state index in [-0.39, 0.29) is 41.3 Å². The molecule has 2 atom stereocenters. The molecule has 8 heteroatoms. The van der Waals surface area contributed by atoms with Crippen LogP contribution >= 0.6 is 0 Å². The van der Waals surface area contributed by atoms with Crippen molar-refractivity contribution >= 4 is 11.9 Å². The highest BCUT2D eigenvalue weighted by molar-refractivity contribution is 6.00. The van der Waals surface area contributed by atoms with Gasteiger partial charge in [-0.1, -0.05) is 149 Å². The summed E-state index contributed by atoms with van der Waals surface area (Å²) >= 11 is 0. The Kier molecular flexibility index (Phi) is 19.1. The van der Waals surface area contributed by atoms with Gasteiger partial charge in [0.1, 0.15) is 23.7 Å². The van der Waals surface area contributed by atoms with Crippen molar-refractivity contribution in [1.29, 1.82) is 0 Å². The number of hydrogen-bond donors (Lipinski definition) is 1. The molecular formula is C66H100N2O6. The van der Waals surface area contributed by atoms with Crippen LogP contribution in [0.25, 0.3) is 11.1 Å². The lowest BCUT2D eigenvalue weighted by molar-refractivity contribution is -0.185. The molecule has 1 N–H and O–H groups in total. The average molecular weight is 1020 g/mol. The molecule has 0 amide bonds. The van der Waals surface area contributed by atoms with Gasteiger partial charge in [-0.3, -0.25) is 14.5 Å². The molecule has 6 rings (SSSR count). The van der Waals surface area contributed by atoms with Gasteiger partial charge in [-0.15, -0.1) is 0 Å². The Morgan fingerprint density at radius 2 is 1.19 bits per heavy atom. The number of piperidine rings is 2. The van der Waals surface area contributed by atoms with E-state index in [1.54, 1.807) is 0 Å². The molecule has 1 saturated carbocycles. The molecule has 0 bridgehead atoms. The van der Waals surface area contributed by atoms with E-state index in [0.29, 0.717) is 44.6 Å². The van der Waals surface area contributed by atoms with Gasteiger partial charge in [-0.25, -0.2) is 0 Å². The third kappa shape index (κ3) is 14.6. The van der Waals surface area contributed by atoms with Gasteiger partial charge in [0.15, 0.2) is 5.41 Å². The summed E-state index contributed by atoms with van der Waals surface area (Å²) < 4.78 is 19.6. The van der Waals surface area contributed by atoms with Crippen LogP contribution in [0.5, 0.6) is 11.5 Å². The van der Waals surface area contributed by atoms with Crippen LogP contribution in [0, 0.1) is 11.3 Å². The number of carbonyl (C=O) groups excluding carboxylic acids is 2. The van der Waals surface area contributed by atoms with Gasteiger partial charge in [0.2, 0.25) is 0 Å². The number of ether oxygens (including phenoxy) is 3. The molecule has 2 unspecified atom stereocenters. The van der Waals surface area contributed by atoms with E-state index in [9.17, 15) is 5.11 Å². The lowest BCUT2D eigenvalue weighted by atomic mass is 9.73. The first kappa shape index (κ1) is 59.0.